The van der Waals surface area contributed by atoms with E-state index < -0.39 is 21.3 Å². The van der Waals surface area contributed by atoms with Crippen molar-refractivity contribution in [1.29, 1.82) is 0 Å². The third-order valence-corrected chi connectivity index (χ3v) is 8.02. The van der Waals surface area contributed by atoms with Gasteiger partial charge in [0.15, 0.2) is 9.84 Å². The summed E-state index contributed by atoms with van der Waals surface area (Å²) in [7, 11) is -3.36. The van der Waals surface area contributed by atoms with E-state index in [-0.39, 0.29) is 23.0 Å². The second kappa shape index (κ2) is 9.07. The molecule has 2 aliphatic heterocycles. The summed E-state index contributed by atoms with van der Waals surface area (Å²) in [6, 6.07) is 9.51. The van der Waals surface area contributed by atoms with Gasteiger partial charge in [0.05, 0.1) is 17.0 Å². The maximum absolute atomic E-state index is 13.0. The number of rotatable bonds is 6. The fourth-order valence-electron chi connectivity index (χ4n) is 4.06. The summed E-state index contributed by atoms with van der Waals surface area (Å²) in [5.41, 5.74) is 0.383. The lowest BCUT2D eigenvalue weighted by Crippen LogP contribution is -2.49. The molecule has 0 radical (unpaired) electrons. The summed E-state index contributed by atoms with van der Waals surface area (Å²) >= 11 is 1.26. The minimum Gasteiger partial charge on any atom is -0.341 e. The predicted octanol–water partition coefficient (Wildman–Crippen LogP) is 1.54. The van der Waals surface area contributed by atoms with E-state index in [2.05, 4.69) is 20.5 Å². The van der Waals surface area contributed by atoms with E-state index in [0.717, 1.165) is 11.0 Å². The lowest BCUT2D eigenvalue weighted by molar-refractivity contribution is -0.128. The number of likely N-dealkylation sites (tertiary alicyclic amines) is 1. The van der Waals surface area contributed by atoms with Gasteiger partial charge in [0.1, 0.15) is 5.82 Å². The van der Waals surface area contributed by atoms with Gasteiger partial charge in [0.25, 0.3) is 0 Å². The maximum atomic E-state index is 13.0. The maximum Gasteiger partial charge on any atom is 0.248 e. The Kier molecular flexibility index (Phi) is 6.38. The van der Waals surface area contributed by atoms with Crippen molar-refractivity contribution < 1.29 is 18.0 Å². The van der Waals surface area contributed by atoms with Crippen molar-refractivity contribution >= 4 is 33.4 Å². The number of nitrogens with one attached hydrogen (secondary N) is 2. The van der Waals surface area contributed by atoms with Crippen LogP contribution in [-0.2, 0) is 25.0 Å². The second-order valence-electron chi connectivity index (χ2n) is 8.07. The highest BCUT2D eigenvalue weighted by Gasteiger charge is 2.43. The Morgan fingerprint density at radius 1 is 1.28 bits per heavy atom. The van der Waals surface area contributed by atoms with E-state index in [4.69, 9.17) is 0 Å². The molecule has 11 heteroatoms. The number of aromatic nitrogens is 3. The van der Waals surface area contributed by atoms with Crippen LogP contribution < -0.4 is 5.32 Å². The zero-order valence-corrected chi connectivity index (χ0v) is 19.3. The molecule has 3 heterocycles. The predicted molar refractivity (Wildman–Crippen MR) is 120 cm³/mol. The number of benzene rings is 1. The first-order valence-corrected chi connectivity index (χ1v) is 13.1. The van der Waals surface area contributed by atoms with Crippen molar-refractivity contribution in [1.82, 2.24) is 25.4 Å². The number of sulfone groups is 1. The smallest absolute Gasteiger partial charge is 0.248 e. The van der Waals surface area contributed by atoms with Gasteiger partial charge in [-0.3, -0.25) is 14.7 Å². The molecule has 0 spiro atoms. The molecule has 1 aromatic heterocycles. The van der Waals surface area contributed by atoms with Gasteiger partial charge >= 0.3 is 0 Å². The highest BCUT2D eigenvalue weighted by atomic mass is 32.2. The lowest BCUT2D eigenvalue weighted by Gasteiger charge is -2.32. The first kappa shape index (κ1) is 22.5. The van der Waals surface area contributed by atoms with Crippen LogP contribution in [0.25, 0.3) is 0 Å². The average molecular weight is 476 g/mol. The Morgan fingerprint density at radius 3 is 2.75 bits per heavy atom. The van der Waals surface area contributed by atoms with Gasteiger partial charge in [-0.2, -0.15) is 0 Å². The SMILES string of the molecule is Cc1nc(SCC(=O)N2CCC(NC(=O)C3=CS(=O)(=O)CCC3)(c3ccccc3)C2)n[nH]1. The van der Waals surface area contributed by atoms with Crippen LogP contribution in [0.4, 0.5) is 0 Å². The van der Waals surface area contributed by atoms with Crippen molar-refractivity contribution in [2.75, 3.05) is 24.6 Å². The van der Waals surface area contributed by atoms with Crippen LogP contribution in [0.15, 0.2) is 46.5 Å². The second-order valence-corrected chi connectivity index (χ2v) is 11.0. The number of thioether (sulfide) groups is 1. The first-order valence-electron chi connectivity index (χ1n) is 10.4. The largest absolute Gasteiger partial charge is 0.341 e. The number of hydrogen-bond donors (Lipinski definition) is 2. The van der Waals surface area contributed by atoms with Crippen LogP contribution in [-0.4, -0.2) is 64.9 Å². The Morgan fingerprint density at radius 2 is 2.06 bits per heavy atom. The molecule has 1 saturated heterocycles. The molecular formula is C21H25N5O4S2. The van der Waals surface area contributed by atoms with Gasteiger partial charge in [-0.1, -0.05) is 42.1 Å². The third-order valence-electron chi connectivity index (χ3n) is 5.69. The Bertz CT molecular complexity index is 1150. The number of carbonyl (C=O) groups is 2. The van der Waals surface area contributed by atoms with E-state index >= 15 is 0 Å². The van der Waals surface area contributed by atoms with Gasteiger partial charge in [-0.05, 0) is 31.7 Å². The van der Waals surface area contributed by atoms with E-state index in [1.165, 1.54) is 11.8 Å². The molecule has 2 N–H and O–H groups in total. The van der Waals surface area contributed by atoms with Crippen LogP contribution in [0.5, 0.6) is 0 Å². The van der Waals surface area contributed by atoms with Crippen LogP contribution in [0.2, 0.25) is 0 Å². The molecule has 4 rings (SSSR count). The summed E-state index contributed by atoms with van der Waals surface area (Å²) in [5.74, 6) is 0.490. The van der Waals surface area contributed by atoms with Gasteiger partial charge < -0.3 is 10.2 Å². The zero-order valence-electron chi connectivity index (χ0n) is 17.7. The molecule has 1 fully saturated rings. The zero-order chi connectivity index (χ0) is 22.8. The number of aromatic amines is 1. The van der Waals surface area contributed by atoms with Crippen molar-refractivity contribution in [3.63, 3.8) is 0 Å². The molecule has 1 unspecified atom stereocenters. The molecule has 170 valence electrons. The molecule has 0 saturated carbocycles. The van der Waals surface area contributed by atoms with Crippen LogP contribution in [0.3, 0.4) is 0 Å². The molecule has 1 aromatic carbocycles. The quantitative estimate of drug-likeness (QED) is 0.607. The topological polar surface area (TPSA) is 125 Å². The normalized spacial score (nSPS) is 22.4. The summed E-state index contributed by atoms with van der Waals surface area (Å²) in [4.78, 5) is 31.8. The number of H-pyrrole nitrogens is 1. The molecular weight excluding hydrogens is 450 g/mol. The Balaban J connectivity index is 1.51. The van der Waals surface area contributed by atoms with E-state index in [1.54, 1.807) is 11.8 Å². The number of carbonyl (C=O) groups excluding carboxylic acids is 2. The Labute approximate surface area is 191 Å². The number of amides is 2. The van der Waals surface area contributed by atoms with Gasteiger partial charge in [0.2, 0.25) is 17.0 Å². The molecule has 0 aliphatic carbocycles. The molecule has 2 amide bonds. The molecule has 2 aliphatic rings. The number of aryl methyl sites for hydroxylation is 1. The first-order chi connectivity index (χ1) is 15.3. The van der Waals surface area contributed by atoms with Gasteiger partial charge in [-0.25, -0.2) is 13.4 Å². The standard InChI is InChI=1S/C21H25N5O4S2/c1-15-22-20(25-24-15)31-12-18(27)26-10-9-21(14-26,17-7-3-2-4-8-17)23-19(28)16-6-5-11-32(29,30)13-16/h2-4,7-8,13H,5-6,9-12,14H2,1H3,(H,23,28)(H,22,24,25). The minimum absolute atomic E-state index is 0.0658. The third kappa shape index (κ3) is 5.04. The fourth-order valence-corrected chi connectivity index (χ4v) is 6.13. The molecule has 0 bridgehead atoms. The molecule has 9 nitrogen and oxygen atoms in total. The number of nitrogens with zero attached hydrogens (tertiary/aromatic N) is 3. The number of hydrogen-bond acceptors (Lipinski definition) is 7. The molecule has 1 atom stereocenters. The monoisotopic (exact) mass is 475 g/mol. The lowest BCUT2D eigenvalue weighted by atomic mass is 9.88. The highest BCUT2D eigenvalue weighted by molar-refractivity contribution is 7.99. The van der Waals surface area contributed by atoms with Crippen molar-refractivity contribution in [2.24, 2.45) is 0 Å². The summed E-state index contributed by atoms with van der Waals surface area (Å²) in [6.07, 6.45) is 1.40. The summed E-state index contributed by atoms with van der Waals surface area (Å²) in [6.45, 7) is 2.59. The Hall–Kier alpha value is -2.66. The minimum atomic E-state index is -3.36. The van der Waals surface area contributed by atoms with Gasteiger partial charge in [0, 0.05) is 24.1 Å². The van der Waals surface area contributed by atoms with E-state index in [1.807, 2.05) is 30.3 Å². The van der Waals surface area contributed by atoms with Crippen LogP contribution in [0.1, 0.15) is 30.7 Å². The van der Waals surface area contributed by atoms with Crippen molar-refractivity contribution in [3.05, 3.63) is 52.7 Å². The fraction of sp³-hybridized carbons (Fsp3) is 0.429. The van der Waals surface area contributed by atoms with E-state index in [9.17, 15) is 18.0 Å². The summed E-state index contributed by atoms with van der Waals surface area (Å²) < 4.78 is 23.9. The molecule has 32 heavy (non-hydrogen) atoms. The van der Waals surface area contributed by atoms with Crippen molar-refractivity contribution in [3.8, 4) is 0 Å². The summed E-state index contributed by atoms with van der Waals surface area (Å²) in [5, 5.41) is 11.5. The van der Waals surface area contributed by atoms with E-state index in [0.29, 0.717) is 43.3 Å². The van der Waals surface area contributed by atoms with Crippen LogP contribution >= 0.6 is 11.8 Å². The molecule has 2 aromatic rings. The van der Waals surface area contributed by atoms with Crippen molar-refractivity contribution in [2.45, 2.75) is 36.9 Å². The average Bonchev–Trinajstić information content (AvgIpc) is 3.39. The van der Waals surface area contributed by atoms with Crippen LogP contribution in [0, 0.1) is 6.92 Å². The van der Waals surface area contributed by atoms with Gasteiger partial charge in [-0.15, -0.1) is 5.10 Å². The highest BCUT2D eigenvalue weighted by Crippen LogP contribution is 2.33.